The maximum absolute atomic E-state index is 3.59. The maximum atomic E-state index is 3.59. The van der Waals surface area contributed by atoms with E-state index in [4.69, 9.17) is 0 Å². The van der Waals surface area contributed by atoms with Crippen LogP contribution in [0.5, 0.6) is 0 Å². The van der Waals surface area contributed by atoms with Gasteiger partial charge in [0.1, 0.15) is 7.85 Å². The highest BCUT2D eigenvalue weighted by molar-refractivity contribution is 6.22. The van der Waals surface area contributed by atoms with Crippen molar-refractivity contribution in [3.8, 4) is 0 Å². The maximum Gasteiger partial charge on any atom is 0.139 e. The van der Waals surface area contributed by atoms with Gasteiger partial charge in [0.05, 0.1) is 0 Å². The van der Waals surface area contributed by atoms with Crippen LogP contribution in [0.2, 0.25) is 0 Å². The Bertz CT molecular complexity index is 96.5. The zero-order chi connectivity index (χ0) is 4.99. The molecule has 0 aliphatic heterocycles. The summed E-state index contributed by atoms with van der Waals surface area (Å²) in [7, 11) is 1.90. The molecule has 0 unspecified atom stereocenters. The van der Waals surface area contributed by atoms with E-state index in [-0.39, 0.29) is 0 Å². The molecule has 0 rings (SSSR count). The van der Waals surface area contributed by atoms with Crippen molar-refractivity contribution in [2.24, 2.45) is 0 Å². The zero-order valence-corrected chi connectivity index (χ0v) is 3.99. The monoisotopic (exact) mass is 78.1 g/mol. The average Bonchev–Trinajstić information content (AvgIpc) is 1.35. The van der Waals surface area contributed by atoms with Crippen LogP contribution in [0.25, 0.3) is 0 Å². The first-order valence-corrected chi connectivity index (χ1v) is 1.78. The fraction of sp³-hybridized carbons (Fsp3) is 0. The molecule has 0 aliphatic carbocycles. The van der Waals surface area contributed by atoms with E-state index in [9.17, 15) is 0 Å². The second-order valence-corrected chi connectivity index (χ2v) is 1.19. The van der Waals surface area contributed by atoms with Gasteiger partial charge < -0.3 is 0 Å². The number of hydrogen-bond acceptors (Lipinski definition) is 0. The lowest BCUT2D eigenvalue weighted by atomic mass is 9.98. The van der Waals surface area contributed by atoms with Gasteiger partial charge in [-0.05, 0) is 6.08 Å². The standard InChI is InChI=1S/C5H7B/c1-3-4-5(2)6/h4H,1-2,6H2. The molecule has 0 atom stereocenters. The van der Waals surface area contributed by atoms with Gasteiger partial charge in [0.15, 0.2) is 0 Å². The molecule has 0 fully saturated rings. The van der Waals surface area contributed by atoms with Gasteiger partial charge in [0.25, 0.3) is 0 Å². The van der Waals surface area contributed by atoms with E-state index in [0.29, 0.717) is 0 Å². The molecule has 0 aromatic heterocycles. The topological polar surface area (TPSA) is 0 Å². The van der Waals surface area contributed by atoms with Gasteiger partial charge in [-0.1, -0.05) is 12.1 Å². The fourth-order valence-electron chi connectivity index (χ4n) is 0.174. The first-order chi connectivity index (χ1) is 2.77. The molecule has 6 heavy (non-hydrogen) atoms. The van der Waals surface area contributed by atoms with Gasteiger partial charge in [-0.3, -0.25) is 0 Å². The Morgan fingerprint density at radius 3 is 2.33 bits per heavy atom. The smallest absolute Gasteiger partial charge is 0.129 e. The number of allylic oxidation sites excluding steroid dienone is 2. The molecule has 0 heterocycles. The van der Waals surface area contributed by atoms with Gasteiger partial charge in [-0.15, -0.1) is 12.3 Å². The lowest BCUT2D eigenvalue weighted by Gasteiger charge is -1.71. The van der Waals surface area contributed by atoms with Gasteiger partial charge in [0.2, 0.25) is 0 Å². The zero-order valence-electron chi connectivity index (χ0n) is 3.99. The second-order valence-electron chi connectivity index (χ2n) is 1.19. The van der Waals surface area contributed by atoms with Crippen molar-refractivity contribution in [2.75, 3.05) is 0 Å². The number of rotatable bonds is 1. The highest BCUT2D eigenvalue weighted by Crippen LogP contribution is 1.76. The summed E-state index contributed by atoms with van der Waals surface area (Å²) in [6.45, 7) is 6.95. The summed E-state index contributed by atoms with van der Waals surface area (Å²) < 4.78 is 0. The quantitative estimate of drug-likeness (QED) is 0.243. The van der Waals surface area contributed by atoms with Crippen molar-refractivity contribution < 1.29 is 0 Å². The summed E-state index contributed by atoms with van der Waals surface area (Å²) in [5, 5.41) is 0. The Kier molecular flexibility index (Phi) is 2.27. The Labute approximate surface area is 39.3 Å². The SMILES string of the molecule is BC(=C)C=C=C. The molecule has 0 aromatic carbocycles. The summed E-state index contributed by atoms with van der Waals surface area (Å²) in [5.74, 6) is 0. The largest absolute Gasteiger partial charge is 0.139 e. The van der Waals surface area contributed by atoms with Crippen molar-refractivity contribution in [1.82, 2.24) is 0 Å². The predicted octanol–water partition coefficient (Wildman–Crippen LogP) is 0.474. The Morgan fingerprint density at radius 2 is 2.33 bits per heavy atom. The Hall–Kier alpha value is -0.675. The lowest BCUT2D eigenvalue weighted by molar-refractivity contribution is 2.00. The van der Waals surface area contributed by atoms with E-state index in [1.807, 2.05) is 7.85 Å². The lowest BCUT2D eigenvalue weighted by Crippen LogP contribution is -1.62. The predicted molar refractivity (Wildman–Crippen MR) is 31.4 cm³/mol. The van der Waals surface area contributed by atoms with Gasteiger partial charge in [-0.2, -0.15) is 0 Å². The van der Waals surface area contributed by atoms with E-state index in [1.165, 1.54) is 0 Å². The highest BCUT2D eigenvalue weighted by Gasteiger charge is 1.63. The van der Waals surface area contributed by atoms with E-state index >= 15 is 0 Å². The summed E-state index contributed by atoms with van der Waals surface area (Å²) in [4.78, 5) is 0. The van der Waals surface area contributed by atoms with Crippen LogP contribution in [0.1, 0.15) is 0 Å². The Balaban J connectivity index is 3.60. The average molecular weight is 77.9 g/mol. The summed E-state index contributed by atoms with van der Waals surface area (Å²) in [6, 6.07) is 0. The van der Waals surface area contributed by atoms with Crippen molar-refractivity contribution in [1.29, 1.82) is 0 Å². The van der Waals surface area contributed by atoms with Crippen molar-refractivity contribution in [3.05, 3.63) is 30.4 Å². The first-order valence-electron chi connectivity index (χ1n) is 1.78. The second kappa shape index (κ2) is 2.56. The molecular formula is C5H7B. The third-order valence-corrected chi connectivity index (χ3v) is 0.348. The van der Waals surface area contributed by atoms with Crippen molar-refractivity contribution >= 4 is 7.85 Å². The molecule has 0 nitrogen and oxygen atoms in total. The summed E-state index contributed by atoms with van der Waals surface area (Å²) >= 11 is 0. The molecule has 0 radical (unpaired) electrons. The minimum absolute atomic E-state index is 0.991. The van der Waals surface area contributed by atoms with Crippen LogP contribution in [-0.4, -0.2) is 7.85 Å². The van der Waals surface area contributed by atoms with Crippen LogP contribution < -0.4 is 0 Å². The molecule has 0 aromatic rings. The minimum Gasteiger partial charge on any atom is -0.129 e. The van der Waals surface area contributed by atoms with Crippen LogP contribution in [-0.2, 0) is 0 Å². The molecule has 0 saturated carbocycles. The number of hydrogen-bond donors (Lipinski definition) is 0. The van der Waals surface area contributed by atoms with Crippen LogP contribution in [0, 0.1) is 0 Å². The van der Waals surface area contributed by atoms with Crippen LogP contribution >= 0.6 is 0 Å². The van der Waals surface area contributed by atoms with Crippen LogP contribution in [0.3, 0.4) is 0 Å². The van der Waals surface area contributed by atoms with E-state index in [2.05, 4.69) is 18.9 Å². The molecule has 0 N–H and O–H groups in total. The molecular weight excluding hydrogens is 70.9 g/mol. The van der Waals surface area contributed by atoms with Gasteiger partial charge in [-0.25, -0.2) is 0 Å². The highest BCUT2D eigenvalue weighted by atomic mass is 13.6. The van der Waals surface area contributed by atoms with Gasteiger partial charge >= 0.3 is 0 Å². The Morgan fingerprint density at radius 1 is 1.83 bits per heavy atom. The normalized spacial score (nSPS) is 6.00. The van der Waals surface area contributed by atoms with E-state index in [0.717, 1.165) is 5.47 Å². The van der Waals surface area contributed by atoms with E-state index in [1.54, 1.807) is 6.08 Å². The van der Waals surface area contributed by atoms with Crippen molar-refractivity contribution in [2.45, 2.75) is 0 Å². The molecule has 0 saturated heterocycles. The third kappa shape index (κ3) is 3.32. The molecule has 0 amide bonds. The molecule has 30 valence electrons. The van der Waals surface area contributed by atoms with Gasteiger partial charge in [0, 0.05) is 0 Å². The minimum atomic E-state index is 0.991. The fourth-order valence-corrected chi connectivity index (χ4v) is 0.174. The molecule has 1 heteroatoms. The van der Waals surface area contributed by atoms with Crippen LogP contribution in [0.15, 0.2) is 30.4 Å². The van der Waals surface area contributed by atoms with Crippen molar-refractivity contribution in [3.63, 3.8) is 0 Å². The first kappa shape index (κ1) is 5.32. The molecule has 0 spiro atoms. The van der Waals surface area contributed by atoms with E-state index < -0.39 is 0 Å². The molecule has 0 aliphatic rings. The van der Waals surface area contributed by atoms with Crippen LogP contribution in [0.4, 0.5) is 0 Å². The molecule has 0 bridgehead atoms. The summed E-state index contributed by atoms with van der Waals surface area (Å²) in [6.07, 6.45) is 1.74. The third-order valence-electron chi connectivity index (χ3n) is 0.348. The summed E-state index contributed by atoms with van der Waals surface area (Å²) in [5.41, 5.74) is 3.58.